The Bertz CT molecular complexity index is 571. The molecule has 0 saturated heterocycles. The molecule has 0 unspecified atom stereocenters. The van der Waals surface area contributed by atoms with E-state index in [0.29, 0.717) is 5.69 Å². The topological polar surface area (TPSA) is 63.4 Å². The smallest absolute Gasteiger partial charge is 0.374 e. The van der Waals surface area contributed by atoms with Gasteiger partial charge in [-0.2, -0.15) is 13.2 Å². The number of sulfone groups is 1. The highest BCUT2D eigenvalue weighted by atomic mass is 32.2. The Hall–Kier alpha value is -1.28. The lowest BCUT2D eigenvalue weighted by Gasteiger charge is -2.21. The number of hydrogen-bond acceptors (Lipinski definition) is 4. The molecule has 8 heteroatoms. The van der Waals surface area contributed by atoms with Gasteiger partial charge in [0.05, 0.1) is 11.3 Å². The maximum atomic E-state index is 12.9. The highest BCUT2D eigenvalue weighted by Crippen LogP contribution is 2.34. The predicted octanol–water partition coefficient (Wildman–Crippen LogP) is 1.64. The number of hydrogen-bond donors (Lipinski definition) is 1. The summed E-state index contributed by atoms with van der Waals surface area (Å²) in [5.41, 5.74) is 4.82. The van der Waals surface area contributed by atoms with Crippen LogP contribution in [0.5, 0.6) is 0 Å². The summed E-state index contributed by atoms with van der Waals surface area (Å²) in [7, 11) is -1.62. The highest BCUT2D eigenvalue weighted by molar-refractivity contribution is 7.90. The number of halogens is 3. The van der Waals surface area contributed by atoms with Crippen molar-refractivity contribution in [2.75, 3.05) is 30.5 Å². The zero-order chi connectivity index (χ0) is 15.6. The SMILES string of the molecule is CN(CCS(C)(=O)=O)c1ccc(CN)c(C(F)(F)F)c1. The van der Waals surface area contributed by atoms with Crippen LogP contribution in [0.15, 0.2) is 18.2 Å². The molecule has 0 bridgehead atoms. The average Bonchev–Trinajstić information content (AvgIpc) is 2.33. The van der Waals surface area contributed by atoms with E-state index in [2.05, 4.69) is 0 Å². The van der Waals surface area contributed by atoms with E-state index in [1.54, 1.807) is 7.05 Å². The Balaban J connectivity index is 3.03. The first kappa shape index (κ1) is 16.8. The molecule has 4 nitrogen and oxygen atoms in total. The van der Waals surface area contributed by atoms with Crippen molar-refractivity contribution >= 4 is 15.5 Å². The van der Waals surface area contributed by atoms with Crippen LogP contribution in [0.3, 0.4) is 0 Å². The molecule has 20 heavy (non-hydrogen) atoms. The van der Waals surface area contributed by atoms with Crippen molar-refractivity contribution in [1.82, 2.24) is 0 Å². The minimum absolute atomic E-state index is 0.0118. The summed E-state index contributed by atoms with van der Waals surface area (Å²) in [5.74, 6) is -0.122. The van der Waals surface area contributed by atoms with E-state index < -0.39 is 21.6 Å². The van der Waals surface area contributed by atoms with Crippen LogP contribution in [-0.2, 0) is 22.6 Å². The predicted molar refractivity (Wildman–Crippen MR) is 72.3 cm³/mol. The van der Waals surface area contributed by atoms with Crippen LogP contribution in [0.4, 0.5) is 18.9 Å². The number of nitrogens with zero attached hydrogens (tertiary/aromatic N) is 1. The van der Waals surface area contributed by atoms with Gasteiger partial charge in [-0.1, -0.05) is 6.07 Å². The van der Waals surface area contributed by atoms with Crippen LogP contribution >= 0.6 is 0 Å². The molecule has 0 spiro atoms. The number of nitrogens with two attached hydrogens (primary N) is 1. The van der Waals surface area contributed by atoms with Gasteiger partial charge < -0.3 is 10.6 Å². The second kappa shape index (κ2) is 6.01. The fraction of sp³-hybridized carbons (Fsp3) is 0.500. The van der Waals surface area contributed by atoms with E-state index >= 15 is 0 Å². The number of alkyl halides is 3. The maximum Gasteiger partial charge on any atom is 0.416 e. The van der Waals surface area contributed by atoms with Crippen molar-refractivity contribution in [3.63, 3.8) is 0 Å². The first-order chi connectivity index (χ1) is 9.04. The third-order valence-corrected chi connectivity index (χ3v) is 3.78. The molecule has 1 aromatic rings. The largest absolute Gasteiger partial charge is 0.416 e. The van der Waals surface area contributed by atoms with Crippen LogP contribution in [0, 0.1) is 0 Å². The minimum Gasteiger partial charge on any atom is -0.374 e. The number of rotatable bonds is 5. The van der Waals surface area contributed by atoms with Gasteiger partial charge in [-0.15, -0.1) is 0 Å². The summed E-state index contributed by atoms with van der Waals surface area (Å²) in [6.45, 7) is -0.0831. The molecule has 0 aliphatic heterocycles. The molecular weight excluding hydrogens is 293 g/mol. The number of anilines is 1. The molecule has 0 fully saturated rings. The summed E-state index contributed by atoms with van der Waals surface area (Å²) in [4.78, 5) is 1.47. The van der Waals surface area contributed by atoms with Crippen LogP contribution in [0.1, 0.15) is 11.1 Å². The Morgan fingerprint density at radius 1 is 1.30 bits per heavy atom. The van der Waals surface area contributed by atoms with Crippen LogP contribution in [0.2, 0.25) is 0 Å². The lowest BCUT2D eigenvalue weighted by Crippen LogP contribution is -2.25. The zero-order valence-electron chi connectivity index (χ0n) is 11.2. The van der Waals surface area contributed by atoms with Gasteiger partial charge in [0.25, 0.3) is 0 Å². The van der Waals surface area contributed by atoms with Crippen molar-refractivity contribution in [3.8, 4) is 0 Å². The monoisotopic (exact) mass is 310 g/mol. The summed E-state index contributed by atoms with van der Waals surface area (Å²) >= 11 is 0. The van der Waals surface area contributed by atoms with E-state index in [4.69, 9.17) is 5.73 Å². The van der Waals surface area contributed by atoms with E-state index in [1.807, 2.05) is 0 Å². The average molecular weight is 310 g/mol. The van der Waals surface area contributed by atoms with Crippen LogP contribution < -0.4 is 10.6 Å². The molecule has 0 aliphatic carbocycles. The minimum atomic E-state index is -4.48. The molecule has 0 saturated carbocycles. The fourth-order valence-electron chi connectivity index (χ4n) is 1.68. The van der Waals surface area contributed by atoms with Crippen molar-refractivity contribution in [2.24, 2.45) is 5.73 Å². The summed E-state index contributed by atoms with van der Waals surface area (Å²) < 4.78 is 60.8. The molecule has 114 valence electrons. The molecule has 1 rings (SSSR count). The van der Waals surface area contributed by atoms with Crippen molar-refractivity contribution in [1.29, 1.82) is 0 Å². The molecule has 0 aliphatic rings. The van der Waals surface area contributed by atoms with E-state index in [0.717, 1.165) is 12.3 Å². The maximum absolute atomic E-state index is 12.9. The van der Waals surface area contributed by atoms with Gasteiger partial charge in [0.15, 0.2) is 0 Å². The first-order valence-electron chi connectivity index (χ1n) is 5.83. The van der Waals surface area contributed by atoms with E-state index in [1.165, 1.54) is 17.0 Å². The normalized spacial score (nSPS) is 12.5. The molecule has 0 aromatic heterocycles. The molecule has 0 amide bonds. The Labute approximate surface area is 116 Å². The van der Waals surface area contributed by atoms with E-state index in [-0.39, 0.29) is 24.4 Å². The number of benzene rings is 1. The van der Waals surface area contributed by atoms with Crippen LogP contribution in [0.25, 0.3) is 0 Å². The van der Waals surface area contributed by atoms with E-state index in [9.17, 15) is 21.6 Å². The summed E-state index contributed by atoms with van der Waals surface area (Å²) in [5, 5.41) is 0. The van der Waals surface area contributed by atoms with Gasteiger partial charge in [-0.05, 0) is 17.7 Å². The van der Waals surface area contributed by atoms with Gasteiger partial charge in [0.2, 0.25) is 0 Å². The fourth-order valence-corrected chi connectivity index (χ4v) is 2.28. The molecule has 2 N–H and O–H groups in total. The lowest BCUT2D eigenvalue weighted by molar-refractivity contribution is -0.138. The summed E-state index contributed by atoms with van der Waals surface area (Å²) in [6, 6.07) is 3.80. The standard InChI is InChI=1S/C12H17F3N2O2S/c1-17(5-6-20(2,18)19)10-4-3-9(8-16)11(7-10)12(13,14)15/h3-4,7H,5-6,8,16H2,1-2H3. The van der Waals surface area contributed by atoms with Crippen LogP contribution in [-0.4, -0.2) is 34.0 Å². The van der Waals surface area contributed by atoms with Gasteiger partial charge in [0.1, 0.15) is 9.84 Å². The molecule has 0 atom stereocenters. The quantitative estimate of drug-likeness (QED) is 0.898. The van der Waals surface area contributed by atoms with Crippen molar-refractivity contribution in [3.05, 3.63) is 29.3 Å². The molecular formula is C12H17F3N2O2S. The zero-order valence-corrected chi connectivity index (χ0v) is 12.1. The molecule has 0 radical (unpaired) electrons. The Morgan fingerprint density at radius 2 is 1.90 bits per heavy atom. The summed E-state index contributed by atoms with van der Waals surface area (Å²) in [6.07, 6.45) is -3.40. The second-order valence-electron chi connectivity index (χ2n) is 4.59. The Morgan fingerprint density at radius 3 is 2.35 bits per heavy atom. The lowest BCUT2D eigenvalue weighted by atomic mass is 10.1. The molecule has 0 heterocycles. The highest BCUT2D eigenvalue weighted by Gasteiger charge is 2.33. The molecule has 1 aromatic carbocycles. The van der Waals surface area contributed by atoms with Gasteiger partial charge in [-0.3, -0.25) is 0 Å². The third kappa shape index (κ3) is 4.68. The third-order valence-electron chi connectivity index (χ3n) is 2.86. The Kier molecular flexibility index (Phi) is 5.04. The van der Waals surface area contributed by atoms with Gasteiger partial charge >= 0.3 is 6.18 Å². The van der Waals surface area contributed by atoms with Crippen molar-refractivity contribution < 1.29 is 21.6 Å². The van der Waals surface area contributed by atoms with Crippen molar-refractivity contribution in [2.45, 2.75) is 12.7 Å². The second-order valence-corrected chi connectivity index (χ2v) is 6.85. The first-order valence-corrected chi connectivity index (χ1v) is 7.89. The van der Waals surface area contributed by atoms with Gasteiger partial charge in [-0.25, -0.2) is 8.42 Å². The van der Waals surface area contributed by atoms with Gasteiger partial charge in [0, 0.05) is 32.1 Å².